The summed E-state index contributed by atoms with van der Waals surface area (Å²) in [5, 5.41) is 0. The van der Waals surface area contributed by atoms with Crippen LogP contribution < -0.4 is 0 Å². The van der Waals surface area contributed by atoms with Crippen LogP contribution >= 0.6 is 0 Å². The summed E-state index contributed by atoms with van der Waals surface area (Å²) in [5.74, 6) is 1.43. The highest BCUT2D eigenvalue weighted by Gasteiger charge is 2.31. The lowest BCUT2D eigenvalue weighted by Crippen LogP contribution is -2.53. The molecule has 0 aromatic rings. The highest BCUT2D eigenvalue weighted by Crippen LogP contribution is 2.28. The number of carbonyl (C=O) groups is 1. The van der Waals surface area contributed by atoms with Gasteiger partial charge in [-0.2, -0.15) is 0 Å². The molecule has 1 aliphatic heterocycles. The molecule has 1 aliphatic carbocycles. The number of hydrogen-bond donors (Lipinski definition) is 0. The Bertz CT molecular complexity index is 519. The molecule has 5 heteroatoms. The fourth-order valence-electron chi connectivity index (χ4n) is 3.35. The number of ether oxygens (including phenoxy) is 2. The van der Waals surface area contributed by atoms with Gasteiger partial charge in [-0.1, -0.05) is 18.7 Å². The molecule has 0 aromatic heterocycles. The summed E-state index contributed by atoms with van der Waals surface area (Å²) in [6.07, 6.45) is 6.08. The van der Waals surface area contributed by atoms with E-state index in [1.165, 1.54) is 0 Å². The number of amides is 1. The molecule has 134 valence electrons. The van der Waals surface area contributed by atoms with Crippen LogP contribution in [0.25, 0.3) is 0 Å². The van der Waals surface area contributed by atoms with Crippen LogP contribution in [0.1, 0.15) is 32.6 Å². The molecule has 1 amide bonds. The van der Waals surface area contributed by atoms with Crippen molar-refractivity contribution in [3.05, 3.63) is 36.3 Å². The topological polar surface area (TPSA) is 42.0 Å². The van der Waals surface area contributed by atoms with Gasteiger partial charge in [0.2, 0.25) is 5.91 Å². The van der Waals surface area contributed by atoms with Gasteiger partial charge in [-0.25, -0.2) is 0 Å². The summed E-state index contributed by atoms with van der Waals surface area (Å²) in [7, 11) is 3.49. The zero-order valence-corrected chi connectivity index (χ0v) is 15.2. The Morgan fingerprint density at radius 1 is 1.21 bits per heavy atom. The monoisotopic (exact) mass is 334 g/mol. The predicted octanol–water partition coefficient (Wildman–Crippen LogP) is 2.71. The molecule has 2 rings (SSSR count). The number of piperazine rings is 1. The number of likely N-dealkylation sites (N-methyl/N-ethyl adjacent to an activating group) is 1. The number of hydrogen-bond acceptors (Lipinski definition) is 4. The molecule has 2 aliphatic rings. The first kappa shape index (κ1) is 18.6. The molecule has 0 atom stereocenters. The minimum Gasteiger partial charge on any atom is -0.493 e. The molecule has 5 nitrogen and oxygen atoms in total. The number of carbonyl (C=O) groups excluding carboxylic acids is 1. The number of nitrogens with zero attached hydrogens (tertiary/aromatic N) is 2. The number of rotatable bonds is 6. The molecule has 0 bridgehead atoms. The molecule has 0 unspecified atom stereocenters. The van der Waals surface area contributed by atoms with Gasteiger partial charge in [0.25, 0.3) is 0 Å². The molecule has 2 fully saturated rings. The fraction of sp³-hybridized carbons (Fsp3) is 0.632. The summed E-state index contributed by atoms with van der Waals surface area (Å²) >= 11 is 0. The summed E-state index contributed by atoms with van der Waals surface area (Å²) in [4.78, 5) is 16.0. The Balaban J connectivity index is 1.81. The first-order chi connectivity index (χ1) is 11.4. The molecule has 24 heavy (non-hydrogen) atoms. The van der Waals surface area contributed by atoms with E-state index >= 15 is 0 Å². The van der Waals surface area contributed by atoms with Crippen LogP contribution in [0.4, 0.5) is 0 Å². The van der Waals surface area contributed by atoms with Crippen molar-refractivity contribution in [2.45, 2.75) is 44.8 Å². The third-order valence-electron chi connectivity index (χ3n) is 4.83. The molecule has 1 saturated carbocycles. The third-order valence-corrected chi connectivity index (χ3v) is 4.83. The lowest BCUT2D eigenvalue weighted by atomic mass is 9.91. The first-order valence-electron chi connectivity index (χ1n) is 8.66. The van der Waals surface area contributed by atoms with Crippen molar-refractivity contribution < 1.29 is 14.3 Å². The summed E-state index contributed by atoms with van der Waals surface area (Å²) in [6, 6.07) is 0.489. The van der Waals surface area contributed by atoms with E-state index in [1.807, 2.05) is 24.9 Å². The maximum Gasteiger partial charge on any atom is 0.236 e. The van der Waals surface area contributed by atoms with E-state index in [1.54, 1.807) is 7.11 Å². The van der Waals surface area contributed by atoms with E-state index in [2.05, 4.69) is 18.1 Å². The lowest BCUT2D eigenvalue weighted by Gasteiger charge is -2.40. The van der Waals surface area contributed by atoms with Crippen LogP contribution in [0, 0.1) is 0 Å². The Kier molecular flexibility index (Phi) is 6.49. The van der Waals surface area contributed by atoms with Crippen molar-refractivity contribution in [2.24, 2.45) is 0 Å². The van der Waals surface area contributed by atoms with E-state index in [9.17, 15) is 4.79 Å². The SMILES string of the molecule is C=C(C)/C=C(/OC)C(=C)OC1CCC(N2CCN(C)C(=O)C2)CC1. The third kappa shape index (κ3) is 4.87. The minimum atomic E-state index is 0.167. The second-order valence-corrected chi connectivity index (χ2v) is 6.82. The van der Waals surface area contributed by atoms with Gasteiger partial charge in [-0.3, -0.25) is 9.69 Å². The average Bonchev–Trinajstić information content (AvgIpc) is 2.55. The normalized spacial score (nSPS) is 26.2. The second-order valence-electron chi connectivity index (χ2n) is 6.82. The maximum absolute atomic E-state index is 11.9. The summed E-state index contributed by atoms with van der Waals surface area (Å²) in [5.41, 5.74) is 0.903. The van der Waals surface area contributed by atoms with E-state index in [0.29, 0.717) is 24.1 Å². The Morgan fingerprint density at radius 2 is 1.88 bits per heavy atom. The maximum atomic E-state index is 11.9. The Hall–Kier alpha value is -1.75. The van der Waals surface area contributed by atoms with Crippen LogP contribution in [0.5, 0.6) is 0 Å². The molecule has 0 radical (unpaired) electrons. The number of allylic oxidation sites excluding steroid dienone is 2. The van der Waals surface area contributed by atoms with Crippen molar-refractivity contribution in [3.63, 3.8) is 0 Å². The van der Waals surface area contributed by atoms with Crippen molar-refractivity contribution in [3.8, 4) is 0 Å². The number of methoxy groups -OCH3 is 1. The molecule has 1 heterocycles. The van der Waals surface area contributed by atoms with Gasteiger partial charge in [-0.15, -0.1) is 0 Å². The average molecular weight is 334 g/mol. The van der Waals surface area contributed by atoms with E-state index in [4.69, 9.17) is 9.47 Å². The Morgan fingerprint density at radius 3 is 2.42 bits per heavy atom. The van der Waals surface area contributed by atoms with Gasteiger partial charge in [0, 0.05) is 26.2 Å². The minimum absolute atomic E-state index is 0.167. The van der Waals surface area contributed by atoms with E-state index < -0.39 is 0 Å². The van der Waals surface area contributed by atoms with Crippen LogP contribution in [0.3, 0.4) is 0 Å². The van der Waals surface area contributed by atoms with E-state index in [0.717, 1.165) is 44.3 Å². The van der Waals surface area contributed by atoms with Gasteiger partial charge in [-0.05, 0) is 38.7 Å². The standard InChI is InChI=1S/C19H30N2O3/c1-14(2)12-18(23-5)15(3)24-17-8-6-16(7-9-17)21-11-10-20(4)19(22)13-21/h12,16-17H,1,3,6-11,13H2,2,4-5H3/b18-12+. The molecule has 0 N–H and O–H groups in total. The van der Waals surface area contributed by atoms with Crippen molar-refractivity contribution in [1.29, 1.82) is 0 Å². The van der Waals surface area contributed by atoms with Crippen molar-refractivity contribution in [2.75, 3.05) is 33.8 Å². The smallest absolute Gasteiger partial charge is 0.236 e. The van der Waals surface area contributed by atoms with Gasteiger partial charge >= 0.3 is 0 Å². The van der Waals surface area contributed by atoms with E-state index in [-0.39, 0.29) is 12.0 Å². The van der Waals surface area contributed by atoms with Crippen molar-refractivity contribution >= 4 is 5.91 Å². The first-order valence-corrected chi connectivity index (χ1v) is 8.66. The largest absolute Gasteiger partial charge is 0.493 e. The Labute approximate surface area is 145 Å². The van der Waals surface area contributed by atoms with Crippen LogP contribution in [0.15, 0.2) is 36.3 Å². The summed E-state index contributed by atoms with van der Waals surface area (Å²) < 4.78 is 11.3. The molecule has 0 spiro atoms. The zero-order valence-electron chi connectivity index (χ0n) is 15.2. The second kappa shape index (κ2) is 8.38. The van der Waals surface area contributed by atoms with Crippen LogP contribution in [-0.2, 0) is 14.3 Å². The van der Waals surface area contributed by atoms with Gasteiger partial charge in [0.15, 0.2) is 11.5 Å². The van der Waals surface area contributed by atoms with Crippen molar-refractivity contribution in [1.82, 2.24) is 9.80 Å². The summed E-state index contributed by atoms with van der Waals surface area (Å²) in [6.45, 7) is 12.1. The zero-order chi connectivity index (χ0) is 17.7. The highest BCUT2D eigenvalue weighted by atomic mass is 16.5. The van der Waals surface area contributed by atoms with Gasteiger partial charge < -0.3 is 14.4 Å². The van der Waals surface area contributed by atoms with Gasteiger partial charge in [0.05, 0.1) is 19.8 Å². The quantitative estimate of drug-likeness (QED) is 0.553. The molecule has 1 saturated heterocycles. The predicted molar refractivity (Wildman–Crippen MR) is 95.4 cm³/mol. The van der Waals surface area contributed by atoms with Crippen LogP contribution in [0.2, 0.25) is 0 Å². The van der Waals surface area contributed by atoms with Gasteiger partial charge in [0.1, 0.15) is 0 Å². The molecule has 0 aromatic carbocycles. The lowest BCUT2D eigenvalue weighted by molar-refractivity contribution is -0.135. The fourth-order valence-corrected chi connectivity index (χ4v) is 3.35. The molecular weight excluding hydrogens is 304 g/mol. The molecular formula is C19H30N2O3. The highest BCUT2D eigenvalue weighted by molar-refractivity contribution is 5.78. The van der Waals surface area contributed by atoms with Crippen LogP contribution in [-0.4, -0.2) is 61.6 Å².